The molecule has 4 fully saturated rings. The number of hydrogen-bond donors (Lipinski definition) is 0. The molecule has 4 rings (SSSR count). The van der Waals surface area contributed by atoms with Crippen molar-refractivity contribution < 1.29 is 171 Å². The number of esters is 15. The van der Waals surface area contributed by atoms with Gasteiger partial charge in [0.15, 0.2) is 67.3 Å². The zero-order valence-electron chi connectivity index (χ0n) is 49.7. The van der Waals surface area contributed by atoms with Crippen molar-refractivity contribution >= 4 is 95.3 Å². The normalized spacial score (nSPS) is 31.5. The van der Waals surface area contributed by atoms with E-state index in [4.69, 9.17) is 94.7 Å². The Morgan fingerprint density at radius 3 is 0.807 bits per heavy atom. The van der Waals surface area contributed by atoms with E-state index in [0.29, 0.717) is 0 Å². The summed E-state index contributed by atoms with van der Waals surface area (Å²) in [6, 6.07) is 0. The van der Waals surface area contributed by atoms with Crippen LogP contribution >= 0.6 is 0 Å². The van der Waals surface area contributed by atoms with Gasteiger partial charge in [0, 0.05) is 90.0 Å². The largest absolute Gasteiger partial charge is 0.461 e. The fraction of sp³-hybridized carbons (Fsp3) is 0.692. The molecule has 0 radical (unpaired) electrons. The average Bonchev–Trinajstić information content (AvgIpc) is 1.08. The molecule has 0 aliphatic carbocycles. The van der Waals surface area contributed by atoms with E-state index in [0.717, 1.165) is 96.9 Å². The molecule has 490 valence electrons. The second-order valence-electron chi connectivity index (χ2n) is 19.5. The molecule has 36 heteroatoms. The van der Waals surface area contributed by atoms with Gasteiger partial charge in [-0.2, -0.15) is 0 Å². The second kappa shape index (κ2) is 32.0. The van der Waals surface area contributed by atoms with Crippen molar-refractivity contribution in [3.63, 3.8) is 0 Å². The summed E-state index contributed by atoms with van der Waals surface area (Å²) in [5.41, 5.74) is 0. The van der Waals surface area contributed by atoms with Crippen molar-refractivity contribution in [2.45, 2.75) is 214 Å². The van der Waals surface area contributed by atoms with Gasteiger partial charge in [0.1, 0.15) is 37.3 Å². The Morgan fingerprint density at radius 1 is 0.250 bits per heavy atom. The zero-order chi connectivity index (χ0) is 66.3. The minimum atomic E-state index is -2.32. The van der Waals surface area contributed by atoms with Gasteiger partial charge in [0.05, 0.1) is 5.92 Å². The van der Waals surface area contributed by atoms with Crippen LogP contribution in [0.25, 0.3) is 0 Å². The smallest absolute Gasteiger partial charge is 0.339 e. The molecule has 0 saturated carbocycles. The molecule has 4 saturated heterocycles. The van der Waals surface area contributed by atoms with E-state index in [1.807, 2.05) is 0 Å². The van der Waals surface area contributed by atoms with Crippen LogP contribution in [-0.4, -0.2) is 225 Å². The van der Waals surface area contributed by atoms with E-state index in [1.165, 1.54) is 0 Å². The van der Waals surface area contributed by atoms with Gasteiger partial charge in [0.2, 0.25) is 31.1 Å². The Kier molecular flexibility index (Phi) is 26.1. The molecule has 0 aromatic rings. The molecule has 0 amide bonds. The maximum absolute atomic E-state index is 14.3. The predicted molar refractivity (Wildman–Crippen MR) is 266 cm³/mol. The molecule has 36 nitrogen and oxygen atoms in total. The summed E-state index contributed by atoms with van der Waals surface area (Å²) in [4.78, 5) is 206. The van der Waals surface area contributed by atoms with Gasteiger partial charge in [-0.25, -0.2) is 9.59 Å². The molecule has 4 aliphatic rings. The van der Waals surface area contributed by atoms with Crippen molar-refractivity contribution in [2.75, 3.05) is 13.2 Å². The van der Waals surface area contributed by atoms with Crippen LogP contribution in [0, 0.1) is 5.92 Å². The Labute approximate surface area is 498 Å². The zero-order valence-corrected chi connectivity index (χ0v) is 49.7. The minimum absolute atomic E-state index is 0.846. The van der Waals surface area contributed by atoms with E-state index in [-0.39, 0.29) is 0 Å². The monoisotopic (exact) mass is 1270 g/mol. The molecule has 88 heavy (non-hydrogen) atoms. The fourth-order valence-electron chi connectivity index (χ4n) is 9.45. The SMILES string of the molecule is CC(=O)O[C@H]1O[C@@H](C(=O)OC[C@H]2O[C@H](O[C@H]3O[C@H](COC(=O)[C@H]4O[C@@H](OC(C)=O)[C@H](OC(C)=O)[C@@H](OC(C)=O)[C@@H]4OC(C)=O)[C@@H](OC(C)=O)[C@H](C(C)=O)[C@H]3OC(C)=O)[C@H](OC(C)=O)[C@@H](OC(C)=O)[C@@H]2OC(C)=O)[C@H](OC(C)=O)[C@@H](OC(C)=O)[C@@H]1OC(C)=O. The third kappa shape index (κ3) is 20.3. The molecule has 0 aromatic heterocycles. The lowest BCUT2D eigenvalue weighted by Gasteiger charge is -2.48. The minimum Gasteiger partial charge on any atom is -0.461 e. The van der Waals surface area contributed by atoms with E-state index in [9.17, 15) is 76.7 Å². The average molecular weight is 1270 g/mol. The molecular formula is C52H66O36. The summed E-state index contributed by atoms with van der Waals surface area (Å²) in [6.07, 6.45) is -39.4. The van der Waals surface area contributed by atoms with Gasteiger partial charge in [0.25, 0.3) is 0 Å². The number of carbonyl (C=O) groups excluding carboxylic acids is 16. The lowest BCUT2D eigenvalue weighted by atomic mass is 9.85. The van der Waals surface area contributed by atoms with Gasteiger partial charge in [-0.15, -0.1) is 0 Å². The predicted octanol–water partition coefficient (Wildman–Crippen LogP) is -2.43. The van der Waals surface area contributed by atoms with E-state index in [2.05, 4.69) is 0 Å². The lowest BCUT2D eigenvalue weighted by molar-refractivity contribution is -0.372. The van der Waals surface area contributed by atoms with Crippen LogP contribution in [0.5, 0.6) is 0 Å². The Hall–Kier alpha value is -8.48. The maximum Gasteiger partial charge on any atom is 0.339 e. The molecule has 20 atom stereocenters. The standard InChI is InChI=1S/C52H66O36/c1-17(53)33-34(71-18(2)54)31(15-69-47(67)42-38(75-22(6)58)40(77-24(8)60)45(80-27(11)63)50(86-42)82-29(13)65)84-49(36(33)73-20(4)56)88-52-44(79-26(10)62)37(74-21(5)57)35(72-19(3)55)32(85-52)16-70-48(68)43-39(76-23(7)59)41(78-25(9)61)46(81-28(12)64)51(87-43)83-30(14)66/h31-46,49-52H,15-16H2,1-14H3/t31-,32-,33+,34-,35-,36-,37+,38+,39-,40+,41-,42+,43-,44-,45-,46+,49-,50-,51+,52-/m1/s1. The highest BCUT2D eigenvalue weighted by Crippen LogP contribution is 2.39. The van der Waals surface area contributed by atoms with Gasteiger partial charge < -0.3 is 94.7 Å². The van der Waals surface area contributed by atoms with E-state index >= 15 is 0 Å². The topological polar surface area (TPSA) is 458 Å². The highest BCUT2D eigenvalue weighted by atomic mass is 16.8. The first-order chi connectivity index (χ1) is 41.0. The van der Waals surface area contributed by atoms with Crippen LogP contribution in [0.2, 0.25) is 0 Å². The summed E-state index contributed by atoms with van der Waals surface area (Å²) in [7, 11) is 0. The number of hydrogen-bond acceptors (Lipinski definition) is 36. The van der Waals surface area contributed by atoms with Crippen molar-refractivity contribution in [1.82, 2.24) is 0 Å². The highest BCUT2D eigenvalue weighted by Gasteiger charge is 2.61. The van der Waals surface area contributed by atoms with Crippen LogP contribution in [0.1, 0.15) is 96.9 Å². The fourth-order valence-corrected chi connectivity index (χ4v) is 9.45. The quantitative estimate of drug-likeness (QED) is 0.0803. The first kappa shape index (κ1) is 72.0. The number of rotatable bonds is 22. The Balaban J connectivity index is 1.87. The molecule has 0 aromatic carbocycles. The van der Waals surface area contributed by atoms with Gasteiger partial charge in [-0.1, -0.05) is 0 Å². The molecule has 0 spiro atoms. The summed E-state index contributed by atoms with van der Waals surface area (Å²) in [5, 5.41) is 0. The molecule has 0 N–H and O–H groups in total. The number of carbonyl (C=O) groups is 16. The Morgan fingerprint density at radius 2 is 0.489 bits per heavy atom. The summed E-state index contributed by atoms with van der Waals surface area (Å²) in [6.45, 7) is 9.90. The van der Waals surface area contributed by atoms with Gasteiger partial charge in [-0.05, 0) is 6.92 Å². The number of Topliss-reactive ketones (excluding diaryl/α,β-unsaturated/α-hetero) is 1. The van der Waals surface area contributed by atoms with Crippen molar-refractivity contribution in [2.24, 2.45) is 5.92 Å². The molecule has 4 aliphatic heterocycles. The molecule has 0 unspecified atom stereocenters. The van der Waals surface area contributed by atoms with Crippen LogP contribution in [-0.2, 0) is 171 Å². The van der Waals surface area contributed by atoms with Gasteiger partial charge in [-0.3, -0.25) is 67.1 Å². The first-order valence-corrected chi connectivity index (χ1v) is 26.3. The van der Waals surface area contributed by atoms with E-state index < -0.39 is 231 Å². The summed E-state index contributed by atoms with van der Waals surface area (Å²) >= 11 is 0. The summed E-state index contributed by atoms with van der Waals surface area (Å²) in [5.74, 6) is -20.6. The number of ketones is 1. The molecule has 4 heterocycles. The van der Waals surface area contributed by atoms with Crippen LogP contribution in [0.4, 0.5) is 0 Å². The summed E-state index contributed by atoms with van der Waals surface area (Å²) < 4.78 is 111. The second-order valence-corrected chi connectivity index (χ2v) is 19.5. The third-order valence-electron chi connectivity index (χ3n) is 12.1. The van der Waals surface area contributed by atoms with Gasteiger partial charge >= 0.3 is 89.5 Å². The number of ether oxygens (including phenoxy) is 20. The molecule has 0 bridgehead atoms. The van der Waals surface area contributed by atoms with Crippen molar-refractivity contribution in [3.8, 4) is 0 Å². The van der Waals surface area contributed by atoms with Crippen molar-refractivity contribution in [1.29, 1.82) is 0 Å². The van der Waals surface area contributed by atoms with E-state index in [1.54, 1.807) is 0 Å². The third-order valence-corrected chi connectivity index (χ3v) is 12.1. The van der Waals surface area contributed by atoms with Crippen LogP contribution in [0.15, 0.2) is 0 Å². The highest BCUT2D eigenvalue weighted by molar-refractivity contribution is 5.82. The maximum atomic E-state index is 14.3. The lowest BCUT2D eigenvalue weighted by Crippen LogP contribution is -2.66. The van der Waals surface area contributed by atoms with Crippen LogP contribution in [0.3, 0.4) is 0 Å². The first-order valence-electron chi connectivity index (χ1n) is 26.3. The molecular weight excluding hydrogens is 1200 g/mol. The Bertz CT molecular complexity index is 2680. The van der Waals surface area contributed by atoms with Crippen molar-refractivity contribution in [3.05, 3.63) is 0 Å². The van der Waals surface area contributed by atoms with Crippen LogP contribution < -0.4 is 0 Å².